The molecule has 1 saturated heterocycles. The fourth-order valence-corrected chi connectivity index (χ4v) is 1.91. The molecule has 1 aromatic rings. The minimum absolute atomic E-state index is 0.0591. The van der Waals surface area contributed by atoms with E-state index in [0.29, 0.717) is 17.7 Å². The molecule has 0 atom stereocenters. The van der Waals surface area contributed by atoms with Gasteiger partial charge in [0.1, 0.15) is 6.10 Å². The molecule has 0 saturated carbocycles. The van der Waals surface area contributed by atoms with Crippen LogP contribution in [0.25, 0.3) is 0 Å². The van der Waals surface area contributed by atoms with Gasteiger partial charge in [0.15, 0.2) is 0 Å². The molecule has 0 radical (unpaired) electrons. The Bertz CT molecular complexity index is 421. The van der Waals surface area contributed by atoms with Crippen molar-refractivity contribution in [3.8, 4) is 5.88 Å². The molecular weight excluding hydrogens is 292 g/mol. The monoisotopic (exact) mass is 302 g/mol. The largest absolute Gasteiger partial charge is 0.469 e. The summed E-state index contributed by atoms with van der Waals surface area (Å²) in [5, 5.41) is 10.9. The number of aromatic nitrogens is 1. The van der Waals surface area contributed by atoms with E-state index in [1.807, 2.05) is 0 Å². The average molecular weight is 303 g/mol. The third kappa shape index (κ3) is 3.13. The van der Waals surface area contributed by atoms with Crippen LogP contribution in [0.5, 0.6) is 5.88 Å². The summed E-state index contributed by atoms with van der Waals surface area (Å²) in [7, 11) is 0. The number of ether oxygens (including phenoxy) is 2. The van der Waals surface area contributed by atoms with Crippen molar-refractivity contribution in [3.05, 3.63) is 26.9 Å². The normalized spacial score (nSPS) is 16.8. The van der Waals surface area contributed by atoms with Crippen LogP contribution in [0.4, 0.5) is 5.69 Å². The highest BCUT2D eigenvalue weighted by Gasteiger charge is 2.22. The van der Waals surface area contributed by atoms with Crippen LogP contribution in [0.15, 0.2) is 16.7 Å². The summed E-state index contributed by atoms with van der Waals surface area (Å²) in [5.41, 5.74) is -0.120. The third-order valence-electron chi connectivity index (χ3n) is 2.44. The van der Waals surface area contributed by atoms with E-state index >= 15 is 0 Å². The molecule has 2 heterocycles. The predicted octanol–water partition coefficient (Wildman–Crippen LogP) is 2.31. The third-order valence-corrected chi connectivity index (χ3v) is 2.88. The molecule has 1 fully saturated rings. The minimum Gasteiger partial charge on any atom is -0.469 e. The van der Waals surface area contributed by atoms with Gasteiger partial charge in [-0.2, -0.15) is 0 Å². The Morgan fingerprint density at radius 1 is 1.53 bits per heavy atom. The topological polar surface area (TPSA) is 74.5 Å². The van der Waals surface area contributed by atoms with Gasteiger partial charge in [-0.3, -0.25) is 10.1 Å². The van der Waals surface area contributed by atoms with E-state index in [1.54, 1.807) is 0 Å². The maximum absolute atomic E-state index is 10.9. The van der Waals surface area contributed by atoms with Crippen molar-refractivity contribution in [2.75, 3.05) is 13.2 Å². The summed E-state index contributed by atoms with van der Waals surface area (Å²) < 4.78 is 11.3. The molecule has 0 N–H and O–H groups in total. The maximum Gasteiger partial charge on any atom is 0.332 e. The lowest BCUT2D eigenvalue weighted by molar-refractivity contribution is -0.386. The van der Waals surface area contributed by atoms with Crippen LogP contribution in [0.1, 0.15) is 12.8 Å². The highest BCUT2D eigenvalue weighted by molar-refractivity contribution is 9.10. The quantitative estimate of drug-likeness (QED) is 0.632. The fraction of sp³-hybridized carbons (Fsp3) is 0.500. The molecule has 6 nitrogen and oxygen atoms in total. The minimum atomic E-state index is -0.494. The number of hydrogen-bond donors (Lipinski definition) is 0. The lowest BCUT2D eigenvalue weighted by Crippen LogP contribution is -2.26. The van der Waals surface area contributed by atoms with Gasteiger partial charge in [0.25, 0.3) is 5.88 Å². The van der Waals surface area contributed by atoms with Crippen LogP contribution in [0, 0.1) is 10.1 Å². The van der Waals surface area contributed by atoms with Crippen molar-refractivity contribution in [2.45, 2.75) is 18.9 Å². The van der Waals surface area contributed by atoms with Crippen molar-refractivity contribution in [2.24, 2.45) is 0 Å². The van der Waals surface area contributed by atoms with E-state index in [1.165, 1.54) is 12.3 Å². The highest BCUT2D eigenvalue weighted by Crippen LogP contribution is 2.29. The van der Waals surface area contributed by atoms with Crippen molar-refractivity contribution in [3.63, 3.8) is 0 Å². The summed E-state index contributed by atoms with van der Waals surface area (Å²) in [6, 6.07) is 1.39. The summed E-state index contributed by atoms with van der Waals surface area (Å²) in [6.07, 6.45) is 2.89. The Balaban J connectivity index is 2.16. The number of nitrogens with zero attached hydrogens (tertiary/aromatic N) is 2. The van der Waals surface area contributed by atoms with Crippen LogP contribution >= 0.6 is 15.9 Å². The van der Waals surface area contributed by atoms with E-state index < -0.39 is 4.92 Å². The van der Waals surface area contributed by atoms with Gasteiger partial charge in [0.05, 0.1) is 18.1 Å². The summed E-state index contributed by atoms with van der Waals surface area (Å²) in [5.74, 6) is 0.0742. The lowest BCUT2D eigenvalue weighted by atomic mass is 10.1. The number of halogens is 1. The lowest BCUT2D eigenvalue weighted by Gasteiger charge is -2.22. The second-order valence-corrected chi connectivity index (χ2v) is 4.58. The Labute approximate surface area is 106 Å². The Morgan fingerprint density at radius 3 is 2.88 bits per heavy atom. The van der Waals surface area contributed by atoms with E-state index in [2.05, 4.69) is 20.9 Å². The highest BCUT2D eigenvalue weighted by atomic mass is 79.9. The molecule has 0 unspecified atom stereocenters. The molecule has 0 aliphatic carbocycles. The fourth-order valence-electron chi connectivity index (χ4n) is 1.59. The van der Waals surface area contributed by atoms with Gasteiger partial charge in [0.2, 0.25) is 0 Å². The summed E-state index contributed by atoms with van der Waals surface area (Å²) in [6.45, 7) is 1.24. The molecule has 7 heteroatoms. The van der Waals surface area contributed by atoms with E-state index in [0.717, 1.165) is 12.8 Å². The van der Waals surface area contributed by atoms with Gasteiger partial charge >= 0.3 is 5.69 Å². The van der Waals surface area contributed by atoms with Crippen LogP contribution in [0.3, 0.4) is 0 Å². The van der Waals surface area contributed by atoms with Gasteiger partial charge in [0, 0.05) is 29.6 Å². The van der Waals surface area contributed by atoms with Crippen molar-refractivity contribution in [1.29, 1.82) is 0 Å². The molecule has 0 amide bonds. The number of nitro groups is 1. The first-order valence-corrected chi connectivity index (χ1v) is 6.00. The zero-order valence-corrected chi connectivity index (χ0v) is 10.6. The molecule has 1 aliphatic heterocycles. The molecular formula is C10H11BrN2O4. The standard InChI is InChI=1S/C10H11BrN2O4/c11-7-5-9(13(14)15)10(12-6-7)17-8-1-3-16-4-2-8/h5-6,8H,1-4H2. The van der Waals surface area contributed by atoms with Crippen molar-refractivity contribution < 1.29 is 14.4 Å². The van der Waals surface area contributed by atoms with Gasteiger partial charge in [-0.25, -0.2) is 4.98 Å². The van der Waals surface area contributed by atoms with E-state index in [4.69, 9.17) is 9.47 Å². The maximum atomic E-state index is 10.9. The molecule has 1 aromatic heterocycles. The summed E-state index contributed by atoms with van der Waals surface area (Å²) in [4.78, 5) is 14.3. The second-order valence-electron chi connectivity index (χ2n) is 3.66. The number of rotatable bonds is 3. The first-order chi connectivity index (χ1) is 8.16. The molecule has 0 spiro atoms. The zero-order valence-electron chi connectivity index (χ0n) is 8.97. The number of pyridine rings is 1. The van der Waals surface area contributed by atoms with Crippen LogP contribution in [-0.2, 0) is 4.74 Å². The molecule has 2 rings (SSSR count). The predicted molar refractivity (Wildman–Crippen MR) is 63.1 cm³/mol. The first-order valence-electron chi connectivity index (χ1n) is 5.21. The Kier molecular flexibility index (Phi) is 3.90. The van der Waals surface area contributed by atoms with Gasteiger partial charge in [-0.1, -0.05) is 0 Å². The molecule has 0 bridgehead atoms. The molecule has 92 valence electrons. The van der Waals surface area contributed by atoms with Crippen LogP contribution in [-0.4, -0.2) is 29.2 Å². The van der Waals surface area contributed by atoms with Crippen molar-refractivity contribution in [1.82, 2.24) is 4.98 Å². The first kappa shape index (κ1) is 12.3. The van der Waals surface area contributed by atoms with E-state index in [9.17, 15) is 10.1 Å². The average Bonchev–Trinajstić information content (AvgIpc) is 2.32. The van der Waals surface area contributed by atoms with Gasteiger partial charge in [-0.15, -0.1) is 0 Å². The Hall–Kier alpha value is -1.21. The molecule has 17 heavy (non-hydrogen) atoms. The van der Waals surface area contributed by atoms with Crippen molar-refractivity contribution >= 4 is 21.6 Å². The summed E-state index contributed by atoms with van der Waals surface area (Å²) >= 11 is 3.15. The van der Waals surface area contributed by atoms with Crippen LogP contribution < -0.4 is 4.74 Å². The van der Waals surface area contributed by atoms with Crippen LogP contribution in [0.2, 0.25) is 0 Å². The molecule has 1 aliphatic rings. The SMILES string of the molecule is O=[N+]([O-])c1cc(Br)cnc1OC1CCOCC1. The Morgan fingerprint density at radius 2 is 2.24 bits per heavy atom. The van der Waals surface area contributed by atoms with E-state index in [-0.39, 0.29) is 17.7 Å². The smallest absolute Gasteiger partial charge is 0.332 e. The number of hydrogen-bond acceptors (Lipinski definition) is 5. The second kappa shape index (κ2) is 5.42. The van der Waals surface area contributed by atoms with Gasteiger partial charge in [-0.05, 0) is 15.9 Å². The molecule has 0 aromatic carbocycles. The zero-order chi connectivity index (χ0) is 12.3. The van der Waals surface area contributed by atoms with Gasteiger partial charge < -0.3 is 9.47 Å².